The second-order valence-corrected chi connectivity index (χ2v) is 4.31. The molecule has 0 amide bonds. The molecule has 2 aromatic heterocycles. The van der Waals surface area contributed by atoms with Crippen molar-refractivity contribution < 1.29 is 9.90 Å². The molecule has 82 valence electrons. The molecule has 0 aromatic carbocycles. The summed E-state index contributed by atoms with van der Waals surface area (Å²) in [5, 5.41) is 9.09. The van der Waals surface area contributed by atoms with Crippen LogP contribution in [0, 0.1) is 5.92 Å². The van der Waals surface area contributed by atoms with Gasteiger partial charge >= 0.3 is 5.97 Å². The SMILES string of the molecule is O=C(O)c1cn(CC2CC2)c2cccnc12. The van der Waals surface area contributed by atoms with Crippen molar-refractivity contribution in [3.05, 3.63) is 30.1 Å². The number of aromatic nitrogens is 2. The predicted octanol–water partition coefficient (Wildman–Crippen LogP) is 2.14. The molecular weight excluding hydrogens is 204 g/mol. The molecule has 4 heteroatoms. The van der Waals surface area contributed by atoms with Crippen LogP contribution < -0.4 is 0 Å². The van der Waals surface area contributed by atoms with Crippen molar-refractivity contribution >= 4 is 17.0 Å². The number of aromatic carboxylic acids is 1. The Kier molecular flexibility index (Phi) is 1.96. The van der Waals surface area contributed by atoms with Crippen molar-refractivity contribution in [1.82, 2.24) is 9.55 Å². The van der Waals surface area contributed by atoms with Gasteiger partial charge in [-0.15, -0.1) is 0 Å². The summed E-state index contributed by atoms with van der Waals surface area (Å²) in [5.41, 5.74) is 1.82. The Morgan fingerprint density at radius 2 is 2.38 bits per heavy atom. The van der Waals surface area contributed by atoms with E-state index >= 15 is 0 Å². The molecule has 16 heavy (non-hydrogen) atoms. The van der Waals surface area contributed by atoms with Crippen LogP contribution in [0.25, 0.3) is 11.0 Å². The molecule has 0 spiro atoms. The molecule has 0 radical (unpaired) electrons. The number of carbonyl (C=O) groups is 1. The molecule has 2 aromatic rings. The largest absolute Gasteiger partial charge is 0.478 e. The van der Waals surface area contributed by atoms with Crippen LogP contribution in [-0.4, -0.2) is 20.6 Å². The summed E-state index contributed by atoms with van der Waals surface area (Å²) in [6.45, 7) is 0.912. The molecule has 1 saturated carbocycles. The smallest absolute Gasteiger partial charge is 0.339 e. The maximum absolute atomic E-state index is 11.1. The summed E-state index contributed by atoms with van der Waals surface area (Å²) < 4.78 is 2.02. The van der Waals surface area contributed by atoms with E-state index in [1.165, 1.54) is 12.8 Å². The first-order valence-electron chi connectivity index (χ1n) is 5.43. The molecule has 1 N–H and O–H groups in total. The van der Waals surface area contributed by atoms with Gasteiger partial charge < -0.3 is 9.67 Å². The zero-order valence-corrected chi connectivity index (χ0v) is 8.76. The van der Waals surface area contributed by atoms with Gasteiger partial charge in [-0.3, -0.25) is 4.98 Å². The van der Waals surface area contributed by atoms with Crippen LogP contribution in [0.3, 0.4) is 0 Å². The standard InChI is InChI=1S/C12H12N2O2/c15-12(16)9-7-14(6-8-3-4-8)10-2-1-5-13-11(9)10/h1-2,5,7-8H,3-4,6H2,(H,15,16). The van der Waals surface area contributed by atoms with Gasteiger partial charge in [0.05, 0.1) is 5.52 Å². The van der Waals surface area contributed by atoms with Crippen molar-refractivity contribution in [2.45, 2.75) is 19.4 Å². The van der Waals surface area contributed by atoms with Gasteiger partial charge in [-0.1, -0.05) is 0 Å². The Labute approximate surface area is 92.5 Å². The quantitative estimate of drug-likeness (QED) is 0.855. The Morgan fingerprint density at radius 3 is 3.06 bits per heavy atom. The average Bonchev–Trinajstić information content (AvgIpc) is 3.00. The van der Waals surface area contributed by atoms with Crippen LogP contribution in [-0.2, 0) is 6.54 Å². The first kappa shape index (κ1) is 9.39. The lowest BCUT2D eigenvalue weighted by Gasteiger charge is -2.01. The monoisotopic (exact) mass is 216 g/mol. The zero-order valence-electron chi connectivity index (χ0n) is 8.76. The molecule has 4 nitrogen and oxygen atoms in total. The van der Waals surface area contributed by atoms with E-state index in [0.29, 0.717) is 11.1 Å². The highest BCUT2D eigenvalue weighted by molar-refractivity contribution is 6.01. The first-order valence-corrected chi connectivity index (χ1v) is 5.43. The average molecular weight is 216 g/mol. The van der Waals surface area contributed by atoms with Gasteiger partial charge in [0.1, 0.15) is 11.1 Å². The second-order valence-electron chi connectivity index (χ2n) is 4.31. The second kappa shape index (κ2) is 3.33. The lowest BCUT2D eigenvalue weighted by Crippen LogP contribution is -1.98. The summed E-state index contributed by atoms with van der Waals surface area (Å²) in [4.78, 5) is 15.2. The minimum Gasteiger partial charge on any atom is -0.478 e. The van der Waals surface area contributed by atoms with E-state index in [9.17, 15) is 4.79 Å². The van der Waals surface area contributed by atoms with Crippen molar-refractivity contribution in [3.63, 3.8) is 0 Å². The normalized spacial score (nSPS) is 15.5. The summed E-state index contributed by atoms with van der Waals surface area (Å²) in [7, 11) is 0. The molecule has 1 fully saturated rings. The van der Waals surface area contributed by atoms with E-state index in [1.54, 1.807) is 12.4 Å². The van der Waals surface area contributed by atoms with Gasteiger partial charge in [-0.25, -0.2) is 4.79 Å². The summed E-state index contributed by atoms with van der Waals surface area (Å²) in [6, 6.07) is 3.77. The predicted molar refractivity (Wildman–Crippen MR) is 59.4 cm³/mol. The highest BCUT2D eigenvalue weighted by Gasteiger charge is 2.24. The first-order chi connectivity index (χ1) is 7.75. The molecular formula is C12H12N2O2. The van der Waals surface area contributed by atoms with Crippen molar-refractivity contribution in [2.24, 2.45) is 5.92 Å². The highest BCUT2D eigenvalue weighted by atomic mass is 16.4. The fourth-order valence-corrected chi connectivity index (χ4v) is 2.01. The Bertz CT molecular complexity index is 555. The van der Waals surface area contributed by atoms with Gasteiger partial charge in [-0.2, -0.15) is 0 Å². The molecule has 0 saturated heterocycles. The number of fused-ring (bicyclic) bond motifs is 1. The molecule has 0 unspecified atom stereocenters. The van der Waals surface area contributed by atoms with Crippen LogP contribution >= 0.6 is 0 Å². The third-order valence-corrected chi connectivity index (χ3v) is 3.02. The van der Waals surface area contributed by atoms with Gasteiger partial charge in [0.15, 0.2) is 0 Å². The summed E-state index contributed by atoms with van der Waals surface area (Å²) in [5.74, 6) is -0.185. The van der Waals surface area contributed by atoms with Crippen LogP contribution in [0.15, 0.2) is 24.5 Å². The van der Waals surface area contributed by atoms with E-state index < -0.39 is 5.97 Å². The fraction of sp³-hybridized carbons (Fsp3) is 0.333. The minimum atomic E-state index is -0.904. The maximum Gasteiger partial charge on any atom is 0.339 e. The third-order valence-electron chi connectivity index (χ3n) is 3.02. The lowest BCUT2D eigenvalue weighted by molar-refractivity contribution is 0.0698. The van der Waals surface area contributed by atoms with Crippen molar-refractivity contribution in [2.75, 3.05) is 0 Å². The van der Waals surface area contributed by atoms with E-state index in [-0.39, 0.29) is 0 Å². The molecule has 1 aliphatic rings. The zero-order chi connectivity index (χ0) is 11.1. The van der Waals surface area contributed by atoms with Crippen molar-refractivity contribution in [1.29, 1.82) is 0 Å². The Morgan fingerprint density at radius 1 is 1.56 bits per heavy atom. The van der Waals surface area contributed by atoms with Gasteiger partial charge in [0, 0.05) is 18.9 Å². The number of carboxylic acid groups (broad SMARTS) is 1. The fourth-order valence-electron chi connectivity index (χ4n) is 2.01. The molecule has 2 heterocycles. The van der Waals surface area contributed by atoms with Crippen LogP contribution in [0.5, 0.6) is 0 Å². The number of hydrogen-bond acceptors (Lipinski definition) is 2. The van der Waals surface area contributed by atoms with Gasteiger partial charge in [0.25, 0.3) is 0 Å². The number of carboxylic acids is 1. The Balaban J connectivity index is 2.15. The Hall–Kier alpha value is -1.84. The van der Waals surface area contributed by atoms with E-state index in [4.69, 9.17) is 5.11 Å². The lowest BCUT2D eigenvalue weighted by atomic mass is 10.3. The minimum absolute atomic E-state index is 0.302. The number of pyridine rings is 1. The van der Waals surface area contributed by atoms with Crippen LogP contribution in [0.4, 0.5) is 0 Å². The van der Waals surface area contributed by atoms with Crippen molar-refractivity contribution in [3.8, 4) is 0 Å². The van der Waals surface area contributed by atoms with Gasteiger partial charge in [-0.05, 0) is 30.9 Å². The number of nitrogens with zero attached hydrogens (tertiary/aromatic N) is 2. The van der Waals surface area contributed by atoms with E-state index in [2.05, 4.69) is 4.98 Å². The number of rotatable bonds is 3. The topological polar surface area (TPSA) is 55.1 Å². The third kappa shape index (κ3) is 1.46. The van der Waals surface area contributed by atoms with E-state index in [0.717, 1.165) is 18.0 Å². The summed E-state index contributed by atoms with van der Waals surface area (Å²) >= 11 is 0. The molecule has 0 aliphatic heterocycles. The number of hydrogen-bond donors (Lipinski definition) is 1. The highest BCUT2D eigenvalue weighted by Crippen LogP contribution is 2.32. The molecule has 1 aliphatic carbocycles. The molecule has 3 rings (SSSR count). The maximum atomic E-state index is 11.1. The molecule has 0 bridgehead atoms. The van der Waals surface area contributed by atoms with Gasteiger partial charge in [0.2, 0.25) is 0 Å². The van der Waals surface area contributed by atoms with E-state index in [1.807, 2.05) is 16.7 Å². The van der Waals surface area contributed by atoms with Crippen LogP contribution in [0.2, 0.25) is 0 Å². The summed E-state index contributed by atoms with van der Waals surface area (Å²) in [6.07, 6.45) is 5.85. The van der Waals surface area contributed by atoms with Crippen LogP contribution in [0.1, 0.15) is 23.2 Å². The molecule has 0 atom stereocenters.